The molecule has 0 fully saturated rings. The summed E-state index contributed by atoms with van der Waals surface area (Å²) in [5.74, 6) is 0.302. The second-order valence-electron chi connectivity index (χ2n) is 4.16. The first-order chi connectivity index (χ1) is 6.94. The second kappa shape index (κ2) is 4.29. The van der Waals surface area contributed by atoms with E-state index in [0.717, 1.165) is 6.42 Å². The highest BCUT2D eigenvalue weighted by atomic mass is 16.1. The number of nitrogens with two attached hydrogens (primary N) is 1. The highest BCUT2D eigenvalue weighted by Crippen LogP contribution is 2.09. The van der Waals surface area contributed by atoms with E-state index in [1.165, 1.54) is 6.20 Å². The minimum Gasteiger partial charge on any atom is -0.384 e. The molecule has 0 aliphatic rings. The number of nitrogen functional groups attached to an aromatic ring is 1. The average molecular weight is 207 g/mol. The van der Waals surface area contributed by atoms with Gasteiger partial charge in [-0.15, -0.1) is 0 Å². The lowest BCUT2D eigenvalue weighted by molar-refractivity contribution is 0.0911. The van der Waals surface area contributed by atoms with Crippen LogP contribution < -0.4 is 11.1 Å². The molecule has 0 aliphatic heterocycles. The van der Waals surface area contributed by atoms with E-state index in [9.17, 15) is 4.79 Å². The van der Waals surface area contributed by atoms with Crippen LogP contribution in [0.5, 0.6) is 0 Å². The molecule has 0 bridgehead atoms. The highest BCUT2D eigenvalue weighted by molar-refractivity contribution is 5.94. The first kappa shape index (κ1) is 11.5. The van der Waals surface area contributed by atoms with E-state index in [1.807, 2.05) is 20.8 Å². The SMILES string of the molecule is CCC(C)(C)NC(=O)c1ccc(N)nc1. The van der Waals surface area contributed by atoms with Gasteiger partial charge in [0.2, 0.25) is 0 Å². The Morgan fingerprint density at radius 3 is 2.67 bits per heavy atom. The van der Waals surface area contributed by atoms with Crippen LogP contribution in [0.3, 0.4) is 0 Å². The van der Waals surface area contributed by atoms with Crippen molar-refractivity contribution in [3.05, 3.63) is 23.9 Å². The summed E-state index contributed by atoms with van der Waals surface area (Å²) in [5, 5.41) is 2.92. The standard InChI is InChI=1S/C11H17N3O/c1-4-11(2,3)14-10(15)8-5-6-9(12)13-7-8/h5-7H,4H2,1-3H3,(H2,12,13)(H,14,15). The number of hydrogen-bond acceptors (Lipinski definition) is 3. The molecular formula is C11H17N3O. The smallest absolute Gasteiger partial charge is 0.253 e. The number of nitrogens with zero attached hydrogens (tertiary/aromatic N) is 1. The number of amides is 1. The fourth-order valence-electron chi connectivity index (χ4n) is 1.01. The first-order valence-corrected chi connectivity index (χ1v) is 4.98. The second-order valence-corrected chi connectivity index (χ2v) is 4.16. The Labute approximate surface area is 89.9 Å². The minimum absolute atomic E-state index is 0.116. The van der Waals surface area contributed by atoms with Crippen LogP contribution in [-0.4, -0.2) is 16.4 Å². The molecule has 0 unspecified atom stereocenters. The largest absolute Gasteiger partial charge is 0.384 e. The molecule has 0 aliphatic carbocycles. The average Bonchev–Trinajstić information content (AvgIpc) is 2.18. The maximum atomic E-state index is 11.7. The number of pyridine rings is 1. The Hall–Kier alpha value is -1.58. The third-order valence-corrected chi connectivity index (χ3v) is 2.38. The maximum absolute atomic E-state index is 11.7. The van der Waals surface area contributed by atoms with E-state index >= 15 is 0 Å². The van der Waals surface area contributed by atoms with Crippen LogP contribution in [0.25, 0.3) is 0 Å². The van der Waals surface area contributed by atoms with Crippen molar-refractivity contribution in [1.29, 1.82) is 0 Å². The molecule has 0 aromatic carbocycles. The molecule has 0 saturated heterocycles. The van der Waals surface area contributed by atoms with Gasteiger partial charge in [-0.3, -0.25) is 4.79 Å². The summed E-state index contributed by atoms with van der Waals surface area (Å²) in [6, 6.07) is 3.29. The van der Waals surface area contributed by atoms with Gasteiger partial charge in [-0.25, -0.2) is 4.98 Å². The van der Waals surface area contributed by atoms with Crippen molar-refractivity contribution in [3.8, 4) is 0 Å². The number of anilines is 1. The van der Waals surface area contributed by atoms with Gasteiger partial charge in [-0.05, 0) is 32.4 Å². The van der Waals surface area contributed by atoms with Crippen molar-refractivity contribution in [1.82, 2.24) is 10.3 Å². The molecule has 4 heteroatoms. The molecule has 82 valence electrons. The zero-order valence-corrected chi connectivity index (χ0v) is 9.37. The normalized spacial score (nSPS) is 11.1. The van der Waals surface area contributed by atoms with E-state index < -0.39 is 0 Å². The van der Waals surface area contributed by atoms with Crippen molar-refractivity contribution in [2.24, 2.45) is 0 Å². The summed E-state index contributed by atoms with van der Waals surface area (Å²) in [6.07, 6.45) is 2.36. The highest BCUT2D eigenvalue weighted by Gasteiger charge is 2.18. The van der Waals surface area contributed by atoms with Gasteiger partial charge in [-0.2, -0.15) is 0 Å². The Morgan fingerprint density at radius 1 is 1.53 bits per heavy atom. The lowest BCUT2D eigenvalue weighted by atomic mass is 10.0. The molecular weight excluding hydrogens is 190 g/mol. The van der Waals surface area contributed by atoms with Gasteiger partial charge in [0.25, 0.3) is 5.91 Å². The van der Waals surface area contributed by atoms with Crippen molar-refractivity contribution in [2.45, 2.75) is 32.7 Å². The summed E-state index contributed by atoms with van der Waals surface area (Å²) < 4.78 is 0. The van der Waals surface area contributed by atoms with E-state index in [2.05, 4.69) is 10.3 Å². The monoisotopic (exact) mass is 207 g/mol. The molecule has 1 rings (SSSR count). The Bertz CT molecular complexity index is 343. The number of carbonyl (C=O) groups excluding carboxylic acids is 1. The van der Waals surface area contributed by atoms with Crippen LogP contribution in [0.4, 0.5) is 5.82 Å². The molecule has 1 heterocycles. The Balaban J connectivity index is 2.74. The number of hydrogen-bond donors (Lipinski definition) is 2. The summed E-state index contributed by atoms with van der Waals surface area (Å²) in [7, 11) is 0. The number of rotatable bonds is 3. The van der Waals surface area contributed by atoms with E-state index in [4.69, 9.17) is 5.73 Å². The summed E-state index contributed by atoms with van der Waals surface area (Å²) in [5.41, 5.74) is 5.77. The molecule has 1 aromatic rings. The lowest BCUT2D eigenvalue weighted by Crippen LogP contribution is -2.42. The number of carbonyl (C=O) groups is 1. The topological polar surface area (TPSA) is 68.0 Å². The van der Waals surface area contributed by atoms with E-state index in [1.54, 1.807) is 12.1 Å². The summed E-state index contributed by atoms with van der Waals surface area (Å²) in [6.45, 7) is 5.99. The van der Waals surface area contributed by atoms with Crippen LogP contribution in [0.2, 0.25) is 0 Å². The fraction of sp³-hybridized carbons (Fsp3) is 0.455. The zero-order valence-electron chi connectivity index (χ0n) is 9.37. The van der Waals surface area contributed by atoms with Gasteiger partial charge in [0, 0.05) is 11.7 Å². The minimum atomic E-state index is -0.196. The zero-order chi connectivity index (χ0) is 11.5. The van der Waals surface area contributed by atoms with Gasteiger partial charge in [0.1, 0.15) is 5.82 Å². The Morgan fingerprint density at radius 2 is 2.20 bits per heavy atom. The molecule has 0 spiro atoms. The molecule has 1 aromatic heterocycles. The van der Waals surface area contributed by atoms with Crippen LogP contribution in [0, 0.1) is 0 Å². The predicted molar refractivity (Wildman–Crippen MR) is 60.5 cm³/mol. The van der Waals surface area contributed by atoms with Gasteiger partial charge in [0.05, 0.1) is 5.56 Å². The third kappa shape index (κ3) is 3.23. The van der Waals surface area contributed by atoms with Crippen molar-refractivity contribution < 1.29 is 4.79 Å². The molecule has 0 radical (unpaired) electrons. The predicted octanol–water partition coefficient (Wildman–Crippen LogP) is 1.58. The van der Waals surface area contributed by atoms with E-state index in [0.29, 0.717) is 11.4 Å². The Kier molecular flexibility index (Phi) is 3.29. The molecule has 0 atom stereocenters. The van der Waals surface area contributed by atoms with Crippen molar-refractivity contribution in [2.75, 3.05) is 5.73 Å². The van der Waals surface area contributed by atoms with Gasteiger partial charge < -0.3 is 11.1 Å². The van der Waals surface area contributed by atoms with E-state index in [-0.39, 0.29) is 11.4 Å². The number of nitrogens with one attached hydrogen (secondary N) is 1. The molecule has 0 saturated carbocycles. The fourth-order valence-corrected chi connectivity index (χ4v) is 1.01. The molecule has 15 heavy (non-hydrogen) atoms. The first-order valence-electron chi connectivity index (χ1n) is 4.98. The maximum Gasteiger partial charge on any atom is 0.253 e. The molecule has 4 nitrogen and oxygen atoms in total. The van der Waals surface area contributed by atoms with Gasteiger partial charge in [-0.1, -0.05) is 6.92 Å². The van der Waals surface area contributed by atoms with Crippen molar-refractivity contribution >= 4 is 11.7 Å². The lowest BCUT2D eigenvalue weighted by Gasteiger charge is -2.24. The molecule has 1 amide bonds. The van der Waals surface area contributed by atoms with Crippen LogP contribution >= 0.6 is 0 Å². The van der Waals surface area contributed by atoms with Crippen molar-refractivity contribution in [3.63, 3.8) is 0 Å². The number of aromatic nitrogens is 1. The summed E-state index contributed by atoms with van der Waals surface area (Å²) in [4.78, 5) is 15.6. The molecule has 3 N–H and O–H groups in total. The van der Waals surface area contributed by atoms with Crippen LogP contribution in [0.1, 0.15) is 37.6 Å². The third-order valence-electron chi connectivity index (χ3n) is 2.38. The van der Waals surface area contributed by atoms with Gasteiger partial charge in [0.15, 0.2) is 0 Å². The van der Waals surface area contributed by atoms with Crippen LogP contribution in [0.15, 0.2) is 18.3 Å². The van der Waals surface area contributed by atoms with Crippen LogP contribution in [-0.2, 0) is 0 Å². The summed E-state index contributed by atoms with van der Waals surface area (Å²) >= 11 is 0. The quantitative estimate of drug-likeness (QED) is 0.790. The van der Waals surface area contributed by atoms with Gasteiger partial charge >= 0.3 is 0 Å².